The average molecular weight is 211 g/mol. The lowest BCUT2D eigenvalue weighted by Gasteiger charge is -2.24. The van der Waals surface area contributed by atoms with Crippen LogP contribution in [0.4, 0.5) is 5.13 Å². The summed E-state index contributed by atoms with van der Waals surface area (Å²) in [5, 5.41) is 4.27. The molecule has 0 aromatic carbocycles. The summed E-state index contributed by atoms with van der Waals surface area (Å²) in [5.41, 5.74) is 5.92. The van der Waals surface area contributed by atoms with Gasteiger partial charge in [0.2, 0.25) is 0 Å². The van der Waals surface area contributed by atoms with Crippen molar-refractivity contribution in [3.8, 4) is 0 Å². The van der Waals surface area contributed by atoms with Gasteiger partial charge < -0.3 is 11.1 Å². The molecule has 1 aliphatic rings. The number of nitrogen functional groups attached to an aromatic ring is 1. The van der Waals surface area contributed by atoms with Crippen molar-refractivity contribution in [3.05, 3.63) is 11.1 Å². The van der Waals surface area contributed by atoms with Crippen LogP contribution in [0.25, 0.3) is 0 Å². The summed E-state index contributed by atoms with van der Waals surface area (Å²) < 4.78 is 0. The molecule has 1 aliphatic carbocycles. The molecule has 2 rings (SSSR count). The number of anilines is 1. The highest BCUT2D eigenvalue weighted by molar-refractivity contribution is 7.15. The van der Waals surface area contributed by atoms with Crippen LogP contribution >= 0.6 is 11.3 Å². The monoisotopic (exact) mass is 211 g/mol. The first-order chi connectivity index (χ1) is 6.68. The quantitative estimate of drug-likeness (QED) is 0.805. The summed E-state index contributed by atoms with van der Waals surface area (Å²) in [5.74, 6) is 0. The van der Waals surface area contributed by atoms with Crippen molar-refractivity contribution in [1.82, 2.24) is 10.3 Å². The number of aromatic nitrogens is 1. The number of rotatable bonds is 3. The topological polar surface area (TPSA) is 50.9 Å². The van der Waals surface area contributed by atoms with Crippen LogP contribution in [0.15, 0.2) is 6.20 Å². The molecule has 0 aliphatic heterocycles. The Hall–Kier alpha value is -0.610. The summed E-state index contributed by atoms with van der Waals surface area (Å²) in [7, 11) is 0. The highest BCUT2D eigenvalue weighted by atomic mass is 32.1. The zero-order valence-corrected chi connectivity index (χ0v) is 9.36. The van der Waals surface area contributed by atoms with E-state index in [-0.39, 0.29) is 0 Å². The van der Waals surface area contributed by atoms with E-state index in [0.717, 1.165) is 6.54 Å². The van der Waals surface area contributed by atoms with Gasteiger partial charge >= 0.3 is 0 Å². The molecule has 0 atom stereocenters. The van der Waals surface area contributed by atoms with Crippen molar-refractivity contribution in [2.24, 2.45) is 0 Å². The maximum absolute atomic E-state index is 5.57. The van der Waals surface area contributed by atoms with Crippen molar-refractivity contribution in [3.63, 3.8) is 0 Å². The highest BCUT2D eigenvalue weighted by Crippen LogP contribution is 2.29. The van der Waals surface area contributed by atoms with Crippen molar-refractivity contribution in [2.75, 3.05) is 5.73 Å². The molecule has 1 saturated carbocycles. The average Bonchev–Trinajstić information content (AvgIpc) is 2.73. The van der Waals surface area contributed by atoms with E-state index in [2.05, 4.69) is 17.2 Å². The minimum atomic E-state index is 0.346. The Morgan fingerprint density at radius 2 is 2.29 bits per heavy atom. The molecular weight excluding hydrogens is 194 g/mol. The Labute approximate surface area is 88.7 Å². The molecule has 3 N–H and O–H groups in total. The van der Waals surface area contributed by atoms with Gasteiger partial charge in [0.05, 0.1) is 0 Å². The Balaban J connectivity index is 1.87. The second-order valence-electron chi connectivity index (χ2n) is 4.29. The summed E-state index contributed by atoms with van der Waals surface area (Å²) >= 11 is 1.57. The largest absolute Gasteiger partial charge is 0.375 e. The molecule has 1 fully saturated rings. The van der Waals surface area contributed by atoms with Crippen LogP contribution < -0.4 is 11.1 Å². The fraction of sp³-hybridized carbons (Fsp3) is 0.700. The van der Waals surface area contributed by atoms with Gasteiger partial charge in [-0.05, 0) is 19.8 Å². The van der Waals surface area contributed by atoms with Gasteiger partial charge in [-0.2, -0.15) is 0 Å². The molecule has 1 aromatic heterocycles. The minimum absolute atomic E-state index is 0.346. The van der Waals surface area contributed by atoms with E-state index < -0.39 is 0 Å². The van der Waals surface area contributed by atoms with Crippen LogP contribution in [0.5, 0.6) is 0 Å². The van der Waals surface area contributed by atoms with Gasteiger partial charge in [-0.25, -0.2) is 4.98 Å². The van der Waals surface area contributed by atoms with E-state index in [0.29, 0.717) is 10.7 Å². The third kappa shape index (κ3) is 2.25. The Bertz CT molecular complexity index is 302. The number of nitrogens with one attached hydrogen (secondary N) is 1. The Kier molecular flexibility index (Phi) is 2.74. The van der Waals surface area contributed by atoms with E-state index in [1.165, 1.54) is 30.6 Å². The smallest absolute Gasteiger partial charge is 0.180 e. The third-order valence-electron chi connectivity index (χ3n) is 2.97. The van der Waals surface area contributed by atoms with E-state index in [1.807, 2.05) is 6.20 Å². The maximum atomic E-state index is 5.57. The normalized spacial score (nSPS) is 20.1. The molecule has 4 heteroatoms. The summed E-state index contributed by atoms with van der Waals surface area (Å²) in [4.78, 5) is 5.27. The fourth-order valence-electron chi connectivity index (χ4n) is 2.04. The van der Waals surface area contributed by atoms with Crippen molar-refractivity contribution >= 4 is 16.5 Å². The first kappa shape index (κ1) is 9.93. The molecule has 1 heterocycles. The van der Waals surface area contributed by atoms with Crippen LogP contribution in [0.1, 0.15) is 37.5 Å². The van der Waals surface area contributed by atoms with Crippen LogP contribution in [-0.4, -0.2) is 10.5 Å². The van der Waals surface area contributed by atoms with Gasteiger partial charge in [0.15, 0.2) is 5.13 Å². The minimum Gasteiger partial charge on any atom is -0.375 e. The molecule has 78 valence electrons. The molecule has 0 amide bonds. The van der Waals surface area contributed by atoms with Gasteiger partial charge in [-0.15, -0.1) is 11.3 Å². The van der Waals surface area contributed by atoms with Crippen LogP contribution in [-0.2, 0) is 6.54 Å². The highest BCUT2D eigenvalue weighted by Gasteiger charge is 2.27. The third-order valence-corrected chi connectivity index (χ3v) is 3.79. The zero-order valence-electron chi connectivity index (χ0n) is 8.55. The summed E-state index contributed by atoms with van der Waals surface area (Å²) in [6.07, 6.45) is 7.16. The molecule has 0 saturated heterocycles. The standard InChI is InChI=1S/C10H17N3S/c1-10(4-2-3-5-10)13-7-8-6-12-9(11)14-8/h6,13H,2-5,7H2,1H3,(H2,11,12). The molecule has 0 radical (unpaired) electrons. The molecule has 0 unspecified atom stereocenters. The molecule has 14 heavy (non-hydrogen) atoms. The molecule has 0 bridgehead atoms. The van der Waals surface area contributed by atoms with E-state index in [4.69, 9.17) is 5.73 Å². The predicted octanol–water partition coefficient (Wildman–Crippen LogP) is 2.15. The first-order valence-electron chi connectivity index (χ1n) is 5.13. The number of hydrogen-bond donors (Lipinski definition) is 2. The predicted molar refractivity (Wildman–Crippen MR) is 60.2 cm³/mol. The summed E-state index contributed by atoms with van der Waals surface area (Å²) in [6, 6.07) is 0. The van der Waals surface area contributed by atoms with Crippen LogP contribution in [0.3, 0.4) is 0 Å². The molecule has 1 aromatic rings. The number of nitrogens with zero attached hydrogens (tertiary/aromatic N) is 1. The number of nitrogens with two attached hydrogens (primary N) is 1. The molecule has 0 spiro atoms. The van der Waals surface area contributed by atoms with Crippen molar-refractivity contribution in [1.29, 1.82) is 0 Å². The number of hydrogen-bond acceptors (Lipinski definition) is 4. The van der Waals surface area contributed by atoms with Crippen molar-refractivity contribution in [2.45, 2.75) is 44.7 Å². The second kappa shape index (κ2) is 3.87. The van der Waals surface area contributed by atoms with E-state index in [9.17, 15) is 0 Å². The lowest BCUT2D eigenvalue weighted by molar-refractivity contribution is 0.364. The lowest BCUT2D eigenvalue weighted by Crippen LogP contribution is -2.38. The maximum Gasteiger partial charge on any atom is 0.180 e. The lowest BCUT2D eigenvalue weighted by atomic mass is 10.0. The van der Waals surface area contributed by atoms with Gasteiger partial charge in [-0.3, -0.25) is 0 Å². The van der Waals surface area contributed by atoms with Crippen molar-refractivity contribution < 1.29 is 0 Å². The summed E-state index contributed by atoms with van der Waals surface area (Å²) in [6.45, 7) is 3.22. The van der Waals surface area contributed by atoms with Gasteiger partial charge in [0.1, 0.15) is 0 Å². The Morgan fingerprint density at radius 3 is 2.86 bits per heavy atom. The fourth-order valence-corrected chi connectivity index (χ4v) is 2.66. The Morgan fingerprint density at radius 1 is 1.57 bits per heavy atom. The van der Waals surface area contributed by atoms with E-state index in [1.54, 1.807) is 11.3 Å². The molecular formula is C10H17N3S. The second-order valence-corrected chi connectivity index (χ2v) is 5.43. The zero-order chi connectivity index (χ0) is 10.0. The van der Waals surface area contributed by atoms with Gasteiger partial charge in [-0.1, -0.05) is 12.8 Å². The number of thiazole rings is 1. The first-order valence-corrected chi connectivity index (χ1v) is 5.95. The van der Waals surface area contributed by atoms with Gasteiger partial charge in [0, 0.05) is 23.2 Å². The van der Waals surface area contributed by atoms with Crippen LogP contribution in [0, 0.1) is 0 Å². The molecule has 3 nitrogen and oxygen atoms in total. The SMILES string of the molecule is CC1(NCc2cnc(N)s2)CCCC1. The van der Waals surface area contributed by atoms with Gasteiger partial charge in [0.25, 0.3) is 0 Å². The van der Waals surface area contributed by atoms with Crippen LogP contribution in [0.2, 0.25) is 0 Å². The van der Waals surface area contributed by atoms with E-state index >= 15 is 0 Å².